The van der Waals surface area contributed by atoms with Crippen molar-refractivity contribution in [2.24, 2.45) is 0 Å². The van der Waals surface area contributed by atoms with Gasteiger partial charge in [-0.15, -0.1) is 0 Å². The Kier molecular flexibility index (Phi) is 5.15. The molecule has 1 aromatic carbocycles. The highest BCUT2D eigenvalue weighted by Gasteiger charge is 2.07. The van der Waals surface area contributed by atoms with Crippen molar-refractivity contribution in [3.63, 3.8) is 0 Å². The third-order valence-corrected chi connectivity index (χ3v) is 2.55. The van der Waals surface area contributed by atoms with Crippen LogP contribution in [-0.2, 0) is 0 Å². The van der Waals surface area contributed by atoms with Crippen LogP contribution in [0.1, 0.15) is 18.0 Å². The third-order valence-electron chi connectivity index (χ3n) is 2.55. The SMILES string of the molecule is CNCCC(NC)c1ccc(OC)cc1. The van der Waals surface area contributed by atoms with Crippen molar-refractivity contribution in [1.82, 2.24) is 10.6 Å². The lowest BCUT2D eigenvalue weighted by molar-refractivity contribution is 0.414. The van der Waals surface area contributed by atoms with Gasteiger partial charge in [-0.05, 0) is 44.8 Å². The van der Waals surface area contributed by atoms with Crippen LogP contribution < -0.4 is 15.4 Å². The van der Waals surface area contributed by atoms with Crippen LogP contribution in [0, 0.1) is 0 Å². The Morgan fingerprint density at radius 1 is 1.20 bits per heavy atom. The van der Waals surface area contributed by atoms with Crippen molar-refractivity contribution in [1.29, 1.82) is 0 Å². The van der Waals surface area contributed by atoms with Gasteiger partial charge in [0.2, 0.25) is 0 Å². The first-order chi connectivity index (χ1) is 7.31. The number of methoxy groups -OCH3 is 1. The largest absolute Gasteiger partial charge is 0.497 e. The lowest BCUT2D eigenvalue weighted by Gasteiger charge is -2.16. The van der Waals surface area contributed by atoms with Crippen LogP contribution in [0.5, 0.6) is 5.75 Å². The van der Waals surface area contributed by atoms with Crippen LogP contribution in [0.3, 0.4) is 0 Å². The monoisotopic (exact) mass is 208 g/mol. The molecule has 15 heavy (non-hydrogen) atoms. The minimum absolute atomic E-state index is 0.406. The predicted octanol–water partition coefficient (Wildman–Crippen LogP) is 1.57. The molecule has 0 aromatic heterocycles. The molecule has 0 aliphatic rings. The van der Waals surface area contributed by atoms with Gasteiger partial charge in [-0.25, -0.2) is 0 Å². The van der Waals surface area contributed by atoms with Gasteiger partial charge < -0.3 is 15.4 Å². The van der Waals surface area contributed by atoms with E-state index in [2.05, 4.69) is 22.8 Å². The highest BCUT2D eigenvalue weighted by Crippen LogP contribution is 2.19. The van der Waals surface area contributed by atoms with E-state index >= 15 is 0 Å². The van der Waals surface area contributed by atoms with Crippen LogP contribution >= 0.6 is 0 Å². The first-order valence-electron chi connectivity index (χ1n) is 5.27. The molecule has 0 aliphatic heterocycles. The average Bonchev–Trinajstić information content (AvgIpc) is 2.31. The van der Waals surface area contributed by atoms with Gasteiger partial charge in [-0.1, -0.05) is 12.1 Å². The van der Waals surface area contributed by atoms with Crippen molar-refractivity contribution >= 4 is 0 Å². The number of hydrogen-bond donors (Lipinski definition) is 2. The van der Waals surface area contributed by atoms with Crippen molar-refractivity contribution in [3.05, 3.63) is 29.8 Å². The maximum absolute atomic E-state index is 5.13. The number of nitrogens with one attached hydrogen (secondary N) is 2. The molecule has 1 aromatic rings. The van der Waals surface area contributed by atoms with Crippen LogP contribution in [0.2, 0.25) is 0 Å². The molecule has 1 rings (SSSR count). The fraction of sp³-hybridized carbons (Fsp3) is 0.500. The highest BCUT2D eigenvalue weighted by molar-refractivity contribution is 5.29. The number of ether oxygens (including phenoxy) is 1. The molecule has 3 heteroatoms. The summed E-state index contributed by atoms with van der Waals surface area (Å²) in [7, 11) is 5.65. The molecule has 0 saturated heterocycles. The van der Waals surface area contributed by atoms with E-state index in [1.807, 2.05) is 26.2 Å². The van der Waals surface area contributed by atoms with E-state index in [1.54, 1.807) is 7.11 Å². The summed E-state index contributed by atoms with van der Waals surface area (Å²) in [6, 6.07) is 8.62. The Balaban J connectivity index is 2.65. The van der Waals surface area contributed by atoms with E-state index in [4.69, 9.17) is 4.74 Å². The second-order valence-corrected chi connectivity index (χ2v) is 3.51. The van der Waals surface area contributed by atoms with Crippen LogP contribution in [0.4, 0.5) is 0 Å². The summed E-state index contributed by atoms with van der Waals surface area (Å²) in [6.07, 6.45) is 1.08. The summed E-state index contributed by atoms with van der Waals surface area (Å²) < 4.78 is 5.13. The Bertz CT molecular complexity index is 271. The zero-order valence-electron chi connectivity index (χ0n) is 9.71. The number of benzene rings is 1. The van der Waals surface area contributed by atoms with Gasteiger partial charge in [-0.3, -0.25) is 0 Å². The van der Waals surface area contributed by atoms with Gasteiger partial charge in [0.15, 0.2) is 0 Å². The summed E-state index contributed by atoms with van der Waals surface area (Å²) in [4.78, 5) is 0. The molecule has 0 amide bonds. The smallest absolute Gasteiger partial charge is 0.118 e. The van der Waals surface area contributed by atoms with E-state index in [0.717, 1.165) is 18.7 Å². The summed E-state index contributed by atoms with van der Waals surface area (Å²) in [5.74, 6) is 0.905. The minimum Gasteiger partial charge on any atom is -0.497 e. The third kappa shape index (κ3) is 3.53. The zero-order valence-corrected chi connectivity index (χ0v) is 9.71. The molecule has 1 atom stereocenters. The normalized spacial score (nSPS) is 12.5. The molecule has 0 saturated carbocycles. The fourth-order valence-electron chi connectivity index (χ4n) is 1.60. The van der Waals surface area contributed by atoms with Crippen LogP contribution in [-0.4, -0.2) is 27.7 Å². The van der Waals surface area contributed by atoms with Crippen LogP contribution in [0.15, 0.2) is 24.3 Å². The van der Waals surface area contributed by atoms with E-state index in [1.165, 1.54) is 5.56 Å². The Labute approximate surface area is 91.8 Å². The summed E-state index contributed by atoms with van der Waals surface area (Å²) in [6.45, 7) is 1.01. The Morgan fingerprint density at radius 2 is 1.87 bits per heavy atom. The first kappa shape index (κ1) is 12.0. The summed E-state index contributed by atoms with van der Waals surface area (Å²) >= 11 is 0. The van der Waals surface area contributed by atoms with Gasteiger partial charge in [0.25, 0.3) is 0 Å². The van der Waals surface area contributed by atoms with Gasteiger partial charge >= 0.3 is 0 Å². The fourth-order valence-corrected chi connectivity index (χ4v) is 1.60. The van der Waals surface area contributed by atoms with Crippen molar-refractivity contribution in [2.45, 2.75) is 12.5 Å². The number of rotatable bonds is 6. The van der Waals surface area contributed by atoms with Gasteiger partial charge in [0.05, 0.1) is 7.11 Å². The standard InChI is InChI=1S/C12H20N2O/c1-13-9-8-12(14-2)10-4-6-11(15-3)7-5-10/h4-7,12-14H,8-9H2,1-3H3. The van der Waals surface area contributed by atoms with Crippen molar-refractivity contribution in [3.8, 4) is 5.75 Å². The molecule has 0 heterocycles. The molecule has 3 nitrogen and oxygen atoms in total. The number of hydrogen-bond acceptors (Lipinski definition) is 3. The van der Waals surface area contributed by atoms with Gasteiger partial charge in [-0.2, -0.15) is 0 Å². The van der Waals surface area contributed by atoms with Crippen LogP contribution in [0.25, 0.3) is 0 Å². The Hall–Kier alpha value is -1.06. The maximum atomic E-state index is 5.13. The van der Waals surface area contributed by atoms with E-state index in [9.17, 15) is 0 Å². The second kappa shape index (κ2) is 6.43. The lowest BCUT2D eigenvalue weighted by Crippen LogP contribution is -2.21. The molecule has 2 N–H and O–H groups in total. The summed E-state index contributed by atoms with van der Waals surface area (Å²) in [5.41, 5.74) is 1.30. The molecule has 0 fully saturated rings. The van der Waals surface area contributed by atoms with E-state index < -0.39 is 0 Å². The summed E-state index contributed by atoms with van der Waals surface area (Å²) in [5, 5.41) is 6.47. The quantitative estimate of drug-likeness (QED) is 0.744. The molecular weight excluding hydrogens is 188 g/mol. The van der Waals surface area contributed by atoms with Gasteiger partial charge in [0.1, 0.15) is 5.75 Å². The molecule has 0 radical (unpaired) electrons. The predicted molar refractivity (Wildman–Crippen MR) is 63.3 cm³/mol. The highest BCUT2D eigenvalue weighted by atomic mass is 16.5. The molecule has 1 unspecified atom stereocenters. The zero-order chi connectivity index (χ0) is 11.1. The molecular formula is C12H20N2O. The molecule has 0 bridgehead atoms. The Morgan fingerprint density at radius 3 is 2.33 bits per heavy atom. The average molecular weight is 208 g/mol. The molecule has 0 aliphatic carbocycles. The van der Waals surface area contributed by atoms with E-state index in [-0.39, 0.29) is 0 Å². The minimum atomic E-state index is 0.406. The lowest BCUT2D eigenvalue weighted by atomic mass is 10.0. The molecule has 84 valence electrons. The molecule has 0 spiro atoms. The first-order valence-corrected chi connectivity index (χ1v) is 5.27. The van der Waals surface area contributed by atoms with Crippen molar-refractivity contribution in [2.75, 3.05) is 27.7 Å². The van der Waals surface area contributed by atoms with Crippen molar-refractivity contribution < 1.29 is 4.74 Å². The van der Waals surface area contributed by atoms with E-state index in [0.29, 0.717) is 6.04 Å². The van der Waals surface area contributed by atoms with Gasteiger partial charge in [0, 0.05) is 6.04 Å². The second-order valence-electron chi connectivity index (χ2n) is 3.51. The topological polar surface area (TPSA) is 33.3 Å². The maximum Gasteiger partial charge on any atom is 0.118 e.